The predicted octanol–water partition coefficient (Wildman–Crippen LogP) is 3.62. The third-order valence-electron chi connectivity index (χ3n) is 3.39. The van der Waals surface area contributed by atoms with Gasteiger partial charge in [0, 0.05) is 6.42 Å². The van der Waals surface area contributed by atoms with Gasteiger partial charge in [-0.25, -0.2) is 9.78 Å². The van der Waals surface area contributed by atoms with Crippen molar-refractivity contribution in [3.63, 3.8) is 0 Å². The van der Waals surface area contributed by atoms with E-state index in [1.165, 1.54) is 23.3 Å². The van der Waals surface area contributed by atoms with Crippen LogP contribution in [0.4, 0.5) is 0 Å². The normalized spacial score (nSPS) is 10.9. The summed E-state index contributed by atoms with van der Waals surface area (Å²) < 4.78 is 5.64. The number of nitrogens with zero attached hydrogens (tertiary/aromatic N) is 1. The fourth-order valence-electron chi connectivity index (χ4n) is 2.33. The van der Waals surface area contributed by atoms with Crippen LogP contribution in [0, 0.1) is 6.92 Å². The highest BCUT2D eigenvalue weighted by Gasteiger charge is 2.09. The van der Waals surface area contributed by atoms with Crippen LogP contribution in [0.15, 0.2) is 46.9 Å². The van der Waals surface area contributed by atoms with Gasteiger partial charge in [-0.05, 0) is 37.1 Å². The van der Waals surface area contributed by atoms with Crippen LogP contribution >= 0.6 is 0 Å². The van der Waals surface area contributed by atoms with Crippen LogP contribution in [0.2, 0.25) is 0 Å². The maximum absolute atomic E-state index is 10.9. The lowest BCUT2D eigenvalue weighted by Gasteiger charge is -1.99. The molecule has 0 saturated carbocycles. The maximum atomic E-state index is 10.9. The van der Waals surface area contributed by atoms with Crippen molar-refractivity contribution in [2.24, 2.45) is 0 Å². The fourth-order valence-corrected chi connectivity index (χ4v) is 2.33. The van der Waals surface area contributed by atoms with Gasteiger partial charge in [-0.15, -0.1) is 0 Å². The quantitative estimate of drug-likeness (QED) is 0.793. The van der Waals surface area contributed by atoms with Crippen molar-refractivity contribution < 1.29 is 14.3 Å². The Bertz CT molecular complexity index is 805. The number of carboxylic acid groups (broad SMARTS) is 1. The number of aryl methyl sites for hydroxylation is 3. The third-order valence-corrected chi connectivity index (χ3v) is 3.39. The SMILES string of the molecule is Cc1cccc(CCc2nc3ccc(C(=O)O)cc3o2)c1. The number of carbonyl (C=O) groups is 1. The number of fused-ring (bicyclic) bond motifs is 1. The smallest absolute Gasteiger partial charge is 0.335 e. The fraction of sp³-hybridized carbons (Fsp3) is 0.176. The average Bonchev–Trinajstić information content (AvgIpc) is 2.87. The molecule has 1 aromatic heterocycles. The van der Waals surface area contributed by atoms with Crippen LogP contribution in [-0.2, 0) is 12.8 Å². The first kappa shape index (κ1) is 13.4. The molecule has 1 heterocycles. The maximum Gasteiger partial charge on any atom is 0.335 e. The number of hydrogen-bond acceptors (Lipinski definition) is 3. The van der Waals surface area contributed by atoms with E-state index in [1.54, 1.807) is 6.07 Å². The second-order valence-electron chi connectivity index (χ2n) is 5.08. The number of hydrogen-bond donors (Lipinski definition) is 1. The molecule has 0 bridgehead atoms. The Morgan fingerprint density at radius 3 is 2.81 bits per heavy atom. The van der Waals surface area contributed by atoms with Crippen molar-refractivity contribution in [1.29, 1.82) is 0 Å². The van der Waals surface area contributed by atoms with E-state index in [2.05, 4.69) is 30.1 Å². The summed E-state index contributed by atoms with van der Waals surface area (Å²) in [5.41, 5.74) is 3.90. The van der Waals surface area contributed by atoms with Crippen molar-refractivity contribution in [2.45, 2.75) is 19.8 Å². The molecule has 3 aromatic rings. The summed E-state index contributed by atoms with van der Waals surface area (Å²) in [7, 11) is 0. The summed E-state index contributed by atoms with van der Waals surface area (Å²) in [6.07, 6.45) is 1.54. The van der Waals surface area contributed by atoms with E-state index in [1.807, 2.05) is 6.07 Å². The van der Waals surface area contributed by atoms with Crippen LogP contribution < -0.4 is 0 Å². The molecular weight excluding hydrogens is 266 g/mol. The zero-order valence-corrected chi connectivity index (χ0v) is 11.7. The molecule has 0 radical (unpaired) electrons. The molecule has 1 N–H and O–H groups in total. The molecule has 0 fully saturated rings. The van der Waals surface area contributed by atoms with Crippen LogP contribution in [0.1, 0.15) is 27.4 Å². The van der Waals surface area contributed by atoms with Gasteiger partial charge >= 0.3 is 5.97 Å². The topological polar surface area (TPSA) is 63.3 Å². The minimum Gasteiger partial charge on any atom is -0.478 e. The Morgan fingerprint density at radius 2 is 2.05 bits per heavy atom. The lowest BCUT2D eigenvalue weighted by molar-refractivity contribution is 0.0697. The van der Waals surface area contributed by atoms with Crippen molar-refractivity contribution in [3.8, 4) is 0 Å². The van der Waals surface area contributed by atoms with Crippen LogP contribution in [0.5, 0.6) is 0 Å². The Kier molecular flexibility index (Phi) is 3.44. The number of rotatable bonds is 4. The summed E-state index contributed by atoms with van der Waals surface area (Å²) in [4.78, 5) is 15.3. The van der Waals surface area contributed by atoms with Crippen LogP contribution in [0.25, 0.3) is 11.1 Å². The van der Waals surface area contributed by atoms with E-state index in [0.717, 1.165) is 6.42 Å². The summed E-state index contributed by atoms with van der Waals surface area (Å²) in [6, 6.07) is 13.1. The highest BCUT2D eigenvalue weighted by Crippen LogP contribution is 2.19. The molecule has 0 saturated heterocycles. The largest absolute Gasteiger partial charge is 0.478 e. The zero-order valence-electron chi connectivity index (χ0n) is 11.7. The molecule has 3 rings (SSSR count). The van der Waals surface area contributed by atoms with Gasteiger partial charge in [0.25, 0.3) is 0 Å². The van der Waals surface area contributed by atoms with Crippen molar-refractivity contribution in [1.82, 2.24) is 4.98 Å². The molecule has 2 aromatic carbocycles. The highest BCUT2D eigenvalue weighted by atomic mass is 16.4. The van der Waals surface area contributed by atoms with E-state index < -0.39 is 5.97 Å². The van der Waals surface area contributed by atoms with E-state index in [0.29, 0.717) is 23.4 Å². The van der Waals surface area contributed by atoms with Gasteiger partial charge in [0.2, 0.25) is 0 Å². The van der Waals surface area contributed by atoms with Crippen molar-refractivity contribution >= 4 is 17.1 Å². The molecule has 0 aliphatic carbocycles. The first-order valence-electron chi connectivity index (χ1n) is 6.80. The van der Waals surface area contributed by atoms with Crippen molar-refractivity contribution in [3.05, 3.63) is 65.0 Å². The molecule has 0 aliphatic heterocycles. The number of aromatic nitrogens is 1. The molecule has 0 spiro atoms. The van der Waals surface area contributed by atoms with Gasteiger partial charge in [0.1, 0.15) is 5.52 Å². The molecular formula is C17H15NO3. The van der Waals surface area contributed by atoms with E-state index in [9.17, 15) is 4.79 Å². The summed E-state index contributed by atoms with van der Waals surface area (Å²) in [5, 5.41) is 8.97. The van der Waals surface area contributed by atoms with Gasteiger partial charge in [-0.3, -0.25) is 0 Å². The van der Waals surface area contributed by atoms with Crippen LogP contribution in [0.3, 0.4) is 0 Å². The number of carboxylic acids is 1. The highest BCUT2D eigenvalue weighted by molar-refractivity contribution is 5.91. The van der Waals surface area contributed by atoms with Crippen LogP contribution in [-0.4, -0.2) is 16.1 Å². The molecule has 4 heteroatoms. The number of benzene rings is 2. The zero-order chi connectivity index (χ0) is 14.8. The predicted molar refractivity (Wildman–Crippen MR) is 79.6 cm³/mol. The van der Waals surface area contributed by atoms with Gasteiger partial charge < -0.3 is 9.52 Å². The molecule has 21 heavy (non-hydrogen) atoms. The Hall–Kier alpha value is -2.62. The van der Waals surface area contributed by atoms with E-state index >= 15 is 0 Å². The average molecular weight is 281 g/mol. The standard InChI is InChI=1S/C17H15NO3/c1-11-3-2-4-12(9-11)5-8-16-18-14-7-6-13(17(19)20)10-15(14)21-16/h2-4,6-7,9-10H,5,8H2,1H3,(H,19,20). The Balaban J connectivity index is 1.80. The first-order valence-corrected chi connectivity index (χ1v) is 6.80. The monoisotopic (exact) mass is 281 g/mol. The second kappa shape index (κ2) is 5.40. The van der Waals surface area contributed by atoms with Crippen molar-refractivity contribution in [2.75, 3.05) is 0 Å². The van der Waals surface area contributed by atoms with Gasteiger partial charge in [0.05, 0.1) is 5.56 Å². The van der Waals surface area contributed by atoms with Gasteiger partial charge in [-0.1, -0.05) is 29.8 Å². The van der Waals surface area contributed by atoms with Gasteiger partial charge in [-0.2, -0.15) is 0 Å². The first-order chi connectivity index (χ1) is 10.1. The lowest BCUT2D eigenvalue weighted by atomic mass is 10.1. The summed E-state index contributed by atoms with van der Waals surface area (Å²) >= 11 is 0. The number of aromatic carboxylic acids is 1. The Morgan fingerprint density at radius 1 is 1.19 bits per heavy atom. The molecule has 0 aliphatic rings. The Labute approximate surface area is 122 Å². The summed E-state index contributed by atoms with van der Waals surface area (Å²) in [5.74, 6) is -0.330. The summed E-state index contributed by atoms with van der Waals surface area (Å²) in [6.45, 7) is 2.07. The molecule has 0 unspecified atom stereocenters. The molecule has 0 atom stereocenters. The van der Waals surface area contributed by atoms with E-state index in [-0.39, 0.29) is 5.56 Å². The third kappa shape index (κ3) is 2.94. The second-order valence-corrected chi connectivity index (χ2v) is 5.08. The van der Waals surface area contributed by atoms with Gasteiger partial charge in [0.15, 0.2) is 11.5 Å². The lowest BCUT2D eigenvalue weighted by Crippen LogP contribution is -1.94. The minimum atomic E-state index is -0.963. The molecule has 4 nitrogen and oxygen atoms in total. The molecule has 0 amide bonds. The minimum absolute atomic E-state index is 0.212. The number of oxazole rings is 1. The van der Waals surface area contributed by atoms with E-state index in [4.69, 9.17) is 9.52 Å². The molecule has 106 valence electrons.